The number of nitrogens with two attached hydrogens (primary N) is 1. The molecule has 1 heterocycles. The summed E-state index contributed by atoms with van der Waals surface area (Å²) in [5.74, 6) is 0.243. The zero-order valence-electron chi connectivity index (χ0n) is 12.3. The van der Waals surface area contributed by atoms with Crippen LogP contribution in [0.15, 0.2) is 18.2 Å². The van der Waals surface area contributed by atoms with Crippen LogP contribution in [-0.4, -0.2) is 50.9 Å². The van der Waals surface area contributed by atoms with E-state index in [4.69, 9.17) is 5.73 Å². The van der Waals surface area contributed by atoms with Crippen LogP contribution in [-0.2, 0) is 9.84 Å². The topological polar surface area (TPSA) is 92.5 Å². The van der Waals surface area contributed by atoms with E-state index in [9.17, 15) is 13.2 Å². The van der Waals surface area contributed by atoms with Crippen molar-refractivity contribution in [3.8, 4) is 0 Å². The number of carbonyl (C=O) groups is 1. The maximum Gasteiger partial charge on any atom is 0.253 e. The summed E-state index contributed by atoms with van der Waals surface area (Å²) in [6, 6.07) is 4.85. The molecule has 0 spiro atoms. The van der Waals surface area contributed by atoms with Gasteiger partial charge >= 0.3 is 0 Å². The molecule has 1 fully saturated rings. The van der Waals surface area contributed by atoms with E-state index in [1.807, 2.05) is 0 Å². The number of nitrogens with one attached hydrogen (secondary N) is 1. The molecule has 0 aromatic heterocycles. The molecule has 1 aliphatic rings. The summed E-state index contributed by atoms with van der Waals surface area (Å²) >= 11 is 0. The van der Waals surface area contributed by atoms with E-state index >= 15 is 0 Å². The molecule has 0 radical (unpaired) electrons. The third-order valence-corrected chi connectivity index (χ3v) is 5.35. The SMILES string of the molecule is CN(C)C(=O)c1ccc(N)c(NC2CCCS(=O)(=O)C2)c1. The summed E-state index contributed by atoms with van der Waals surface area (Å²) in [4.78, 5) is 13.5. The highest BCUT2D eigenvalue weighted by molar-refractivity contribution is 7.91. The van der Waals surface area contributed by atoms with Gasteiger partial charge in [-0.1, -0.05) is 0 Å². The van der Waals surface area contributed by atoms with Gasteiger partial charge < -0.3 is 16.0 Å². The fourth-order valence-electron chi connectivity index (χ4n) is 2.43. The predicted octanol–water partition coefficient (Wildman–Crippen LogP) is 0.960. The lowest BCUT2D eigenvalue weighted by Gasteiger charge is -2.25. The van der Waals surface area contributed by atoms with Gasteiger partial charge in [0.15, 0.2) is 9.84 Å². The summed E-state index contributed by atoms with van der Waals surface area (Å²) in [6.07, 6.45) is 1.43. The molecular weight excluding hydrogens is 290 g/mol. The first-order valence-corrected chi connectivity index (χ1v) is 8.69. The number of sulfone groups is 1. The average Bonchev–Trinajstić information content (AvgIpc) is 2.39. The lowest BCUT2D eigenvalue weighted by molar-refractivity contribution is 0.0827. The Balaban J connectivity index is 2.19. The van der Waals surface area contributed by atoms with E-state index in [2.05, 4.69) is 5.32 Å². The number of nitrogen functional groups attached to an aromatic ring is 1. The van der Waals surface area contributed by atoms with Gasteiger partial charge in [0, 0.05) is 25.7 Å². The fraction of sp³-hybridized carbons (Fsp3) is 0.500. The molecule has 3 N–H and O–H groups in total. The Morgan fingerprint density at radius 1 is 1.38 bits per heavy atom. The Hall–Kier alpha value is -1.76. The Morgan fingerprint density at radius 2 is 2.10 bits per heavy atom. The normalized spacial score (nSPS) is 20.8. The van der Waals surface area contributed by atoms with Crippen LogP contribution in [0.1, 0.15) is 23.2 Å². The van der Waals surface area contributed by atoms with Crippen molar-refractivity contribution in [2.45, 2.75) is 18.9 Å². The van der Waals surface area contributed by atoms with Crippen LogP contribution in [0.5, 0.6) is 0 Å². The first kappa shape index (κ1) is 15.6. The highest BCUT2D eigenvalue weighted by Gasteiger charge is 2.25. The largest absolute Gasteiger partial charge is 0.397 e. The minimum Gasteiger partial charge on any atom is -0.397 e. The quantitative estimate of drug-likeness (QED) is 0.811. The lowest BCUT2D eigenvalue weighted by Crippen LogP contribution is -2.35. The van der Waals surface area contributed by atoms with Crippen LogP contribution < -0.4 is 11.1 Å². The molecule has 0 bridgehead atoms. The maximum atomic E-state index is 12.0. The summed E-state index contributed by atoms with van der Waals surface area (Å²) in [5, 5.41) is 3.16. The zero-order valence-corrected chi connectivity index (χ0v) is 13.1. The first-order valence-electron chi connectivity index (χ1n) is 6.86. The highest BCUT2D eigenvalue weighted by atomic mass is 32.2. The van der Waals surface area contributed by atoms with Gasteiger partial charge in [-0.3, -0.25) is 4.79 Å². The van der Waals surface area contributed by atoms with E-state index in [0.29, 0.717) is 23.4 Å². The maximum absolute atomic E-state index is 12.0. The van der Waals surface area contributed by atoms with Gasteiger partial charge in [0.1, 0.15) is 0 Å². The standard InChI is InChI=1S/C14H21N3O3S/c1-17(2)14(18)10-5-6-12(15)13(8-10)16-11-4-3-7-21(19,20)9-11/h5-6,8,11,16H,3-4,7,9,15H2,1-2H3. The second kappa shape index (κ2) is 5.93. The number of benzene rings is 1. The number of rotatable bonds is 3. The number of carbonyl (C=O) groups excluding carboxylic acids is 1. The molecule has 1 amide bonds. The molecular formula is C14H21N3O3S. The zero-order chi connectivity index (χ0) is 15.6. The summed E-state index contributed by atoms with van der Waals surface area (Å²) in [6.45, 7) is 0. The molecule has 1 unspecified atom stereocenters. The molecule has 0 saturated carbocycles. The fourth-order valence-corrected chi connectivity index (χ4v) is 4.07. The third kappa shape index (κ3) is 3.87. The molecule has 7 heteroatoms. The molecule has 1 saturated heterocycles. The number of nitrogens with zero attached hydrogens (tertiary/aromatic N) is 1. The van der Waals surface area contributed by atoms with Crippen molar-refractivity contribution in [2.24, 2.45) is 0 Å². The van der Waals surface area contributed by atoms with Crippen LogP contribution >= 0.6 is 0 Å². The van der Waals surface area contributed by atoms with E-state index in [1.165, 1.54) is 4.90 Å². The minimum absolute atomic E-state index is 0.109. The molecule has 1 atom stereocenters. The molecule has 2 rings (SSSR count). The van der Waals surface area contributed by atoms with E-state index in [0.717, 1.165) is 6.42 Å². The summed E-state index contributed by atoms with van der Waals surface area (Å²) < 4.78 is 23.3. The van der Waals surface area contributed by atoms with Gasteiger partial charge in [-0.15, -0.1) is 0 Å². The minimum atomic E-state index is -2.98. The number of hydrogen-bond acceptors (Lipinski definition) is 5. The Labute approximate surface area is 125 Å². The predicted molar refractivity (Wildman–Crippen MR) is 84.2 cm³/mol. The van der Waals surface area contributed by atoms with Crippen molar-refractivity contribution in [2.75, 3.05) is 36.7 Å². The smallest absolute Gasteiger partial charge is 0.253 e. The van der Waals surface area contributed by atoms with Crippen molar-refractivity contribution in [1.82, 2.24) is 4.90 Å². The number of anilines is 2. The van der Waals surface area contributed by atoms with Gasteiger partial charge in [0.2, 0.25) is 0 Å². The molecule has 1 aromatic carbocycles. The van der Waals surface area contributed by atoms with Crippen LogP contribution in [0.25, 0.3) is 0 Å². The molecule has 1 aromatic rings. The number of hydrogen-bond donors (Lipinski definition) is 2. The van der Waals surface area contributed by atoms with Gasteiger partial charge in [-0.2, -0.15) is 0 Å². The van der Waals surface area contributed by atoms with Gasteiger partial charge in [-0.05, 0) is 31.0 Å². The Bertz CT molecular complexity index is 641. The van der Waals surface area contributed by atoms with E-state index < -0.39 is 9.84 Å². The van der Waals surface area contributed by atoms with Crippen molar-refractivity contribution in [3.63, 3.8) is 0 Å². The molecule has 6 nitrogen and oxygen atoms in total. The third-order valence-electron chi connectivity index (χ3n) is 3.53. The van der Waals surface area contributed by atoms with Gasteiger partial charge in [0.25, 0.3) is 5.91 Å². The first-order chi connectivity index (χ1) is 9.78. The van der Waals surface area contributed by atoms with Crippen LogP contribution in [0.3, 0.4) is 0 Å². The Morgan fingerprint density at radius 3 is 2.71 bits per heavy atom. The lowest BCUT2D eigenvalue weighted by atomic mass is 10.1. The highest BCUT2D eigenvalue weighted by Crippen LogP contribution is 2.24. The van der Waals surface area contributed by atoms with E-state index in [1.54, 1.807) is 32.3 Å². The van der Waals surface area contributed by atoms with Crippen LogP contribution in [0.4, 0.5) is 11.4 Å². The van der Waals surface area contributed by atoms with Crippen molar-refractivity contribution in [3.05, 3.63) is 23.8 Å². The van der Waals surface area contributed by atoms with Gasteiger partial charge in [0.05, 0.1) is 22.9 Å². The second-order valence-electron chi connectivity index (χ2n) is 5.60. The number of amides is 1. The Kier molecular flexibility index (Phi) is 4.41. The summed E-state index contributed by atoms with van der Waals surface area (Å²) in [7, 11) is 0.377. The van der Waals surface area contributed by atoms with Crippen molar-refractivity contribution < 1.29 is 13.2 Å². The van der Waals surface area contributed by atoms with Crippen molar-refractivity contribution >= 4 is 27.1 Å². The van der Waals surface area contributed by atoms with Gasteiger partial charge in [-0.25, -0.2) is 8.42 Å². The molecule has 1 aliphatic heterocycles. The van der Waals surface area contributed by atoms with Crippen LogP contribution in [0.2, 0.25) is 0 Å². The molecule has 0 aliphatic carbocycles. The summed E-state index contributed by atoms with van der Waals surface area (Å²) in [5.41, 5.74) is 7.56. The monoisotopic (exact) mass is 311 g/mol. The van der Waals surface area contributed by atoms with Crippen LogP contribution in [0, 0.1) is 0 Å². The average molecular weight is 311 g/mol. The molecule has 116 valence electrons. The van der Waals surface area contributed by atoms with Crippen molar-refractivity contribution in [1.29, 1.82) is 0 Å². The van der Waals surface area contributed by atoms with E-state index in [-0.39, 0.29) is 23.5 Å². The molecule has 21 heavy (non-hydrogen) atoms. The second-order valence-corrected chi connectivity index (χ2v) is 7.83.